The molecule has 0 aliphatic heterocycles. The van der Waals surface area contributed by atoms with Crippen molar-refractivity contribution in [3.63, 3.8) is 0 Å². The molecule has 6 nitrogen and oxygen atoms in total. The Morgan fingerprint density at radius 2 is 1.96 bits per heavy atom. The molecule has 0 atom stereocenters. The highest BCUT2D eigenvalue weighted by Crippen LogP contribution is 2.21. The van der Waals surface area contributed by atoms with Crippen molar-refractivity contribution in [3.8, 4) is 5.69 Å². The molecule has 3 aromatic rings. The van der Waals surface area contributed by atoms with Crippen LogP contribution >= 0.6 is 11.8 Å². The third-order valence-electron chi connectivity index (χ3n) is 3.69. The number of hydrogen-bond donors (Lipinski definition) is 1. The Morgan fingerprint density at radius 3 is 2.72 bits per heavy atom. The second kappa shape index (κ2) is 7.94. The van der Waals surface area contributed by atoms with Gasteiger partial charge in [-0.05, 0) is 41.5 Å². The molecule has 1 N–H and O–H groups in total. The number of amides is 1. The standard InChI is InChI=1S/C18H19N5OS/c1-13-8-9-16(14(2)10-13)23-18(20-21-22-23)25-12-17(24)19-11-15-6-4-3-5-7-15/h3-10H,11-12H2,1-2H3,(H,19,24). The number of benzene rings is 2. The van der Waals surface area contributed by atoms with Gasteiger partial charge in [-0.15, -0.1) is 5.10 Å². The quantitative estimate of drug-likeness (QED) is 0.690. The molecule has 1 aromatic heterocycles. The molecule has 0 bridgehead atoms. The van der Waals surface area contributed by atoms with Crippen molar-refractivity contribution in [1.29, 1.82) is 0 Å². The van der Waals surface area contributed by atoms with Crippen LogP contribution in [0.25, 0.3) is 5.69 Å². The summed E-state index contributed by atoms with van der Waals surface area (Å²) in [5, 5.41) is 15.3. The second-order valence-corrected chi connectivity index (χ2v) is 6.66. The predicted molar refractivity (Wildman–Crippen MR) is 97.6 cm³/mol. The number of carbonyl (C=O) groups excluding carboxylic acids is 1. The highest BCUT2D eigenvalue weighted by Gasteiger charge is 2.13. The average Bonchev–Trinajstić information content (AvgIpc) is 3.07. The Balaban J connectivity index is 1.61. The van der Waals surface area contributed by atoms with E-state index < -0.39 is 0 Å². The van der Waals surface area contributed by atoms with Gasteiger partial charge in [0.15, 0.2) is 0 Å². The lowest BCUT2D eigenvalue weighted by molar-refractivity contribution is -0.118. The molecular weight excluding hydrogens is 334 g/mol. The topological polar surface area (TPSA) is 72.7 Å². The van der Waals surface area contributed by atoms with Gasteiger partial charge >= 0.3 is 0 Å². The molecule has 2 aromatic carbocycles. The number of rotatable bonds is 6. The molecule has 25 heavy (non-hydrogen) atoms. The molecule has 0 aliphatic carbocycles. The largest absolute Gasteiger partial charge is 0.351 e. The van der Waals surface area contributed by atoms with Gasteiger partial charge < -0.3 is 5.32 Å². The van der Waals surface area contributed by atoms with Gasteiger partial charge in [0.05, 0.1) is 11.4 Å². The van der Waals surface area contributed by atoms with E-state index in [0.717, 1.165) is 16.8 Å². The Bertz CT molecular complexity index is 863. The molecule has 0 aliphatic rings. The van der Waals surface area contributed by atoms with Crippen LogP contribution in [-0.2, 0) is 11.3 Å². The van der Waals surface area contributed by atoms with E-state index in [0.29, 0.717) is 11.7 Å². The molecule has 0 spiro atoms. The lowest BCUT2D eigenvalue weighted by Gasteiger charge is -2.08. The summed E-state index contributed by atoms with van der Waals surface area (Å²) in [6.45, 7) is 4.58. The van der Waals surface area contributed by atoms with Gasteiger partial charge in [-0.2, -0.15) is 4.68 Å². The Labute approximate surface area is 150 Å². The summed E-state index contributed by atoms with van der Waals surface area (Å²) < 4.78 is 1.67. The van der Waals surface area contributed by atoms with Crippen LogP contribution < -0.4 is 5.32 Å². The molecule has 0 radical (unpaired) electrons. The number of nitrogens with zero attached hydrogens (tertiary/aromatic N) is 4. The summed E-state index contributed by atoms with van der Waals surface area (Å²) in [5.41, 5.74) is 4.26. The molecular formula is C18H19N5OS. The van der Waals surface area contributed by atoms with E-state index in [9.17, 15) is 4.79 Å². The maximum atomic E-state index is 12.1. The molecule has 1 heterocycles. The van der Waals surface area contributed by atoms with E-state index in [1.165, 1.54) is 17.3 Å². The zero-order valence-electron chi connectivity index (χ0n) is 14.1. The van der Waals surface area contributed by atoms with Crippen LogP contribution in [0, 0.1) is 13.8 Å². The van der Waals surface area contributed by atoms with Crippen molar-refractivity contribution in [2.24, 2.45) is 0 Å². The SMILES string of the molecule is Cc1ccc(-n2nnnc2SCC(=O)NCc2ccccc2)c(C)c1. The minimum atomic E-state index is -0.0518. The second-order valence-electron chi connectivity index (χ2n) is 5.71. The Kier molecular flexibility index (Phi) is 5.45. The van der Waals surface area contributed by atoms with Crippen molar-refractivity contribution >= 4 is 17.7 Å². The van der Waals surface area contributed by atoms with Gasteiger partial charge in [-0.25, -0.2) is 0 Å². The van der Waals surface area contributed by atoms with E-state index in [1.54, 1.807) is 4.68 Å². The van der Waals surface area contributed by atoms with Gasteiger partial charge in [0.25, 0.3) is 0 Å². The normalized spacial score (nSPS) is 10.6. The molecule has 1 amide bonds. The highest BCUT2D eigenvalue weighted by molar-refractivity contribution is 7.99. The number of thioether (sulfide) groups is 1. The van der Waals surface area contributed by atoms with E-state index >= 15 is 0 Å². The minimum Gasteiger partial charge on any atom is -0.351 e. The van der Waals surface area contributed by atoms with Crippen molar-refractivity contribution in [1.82, 2.24) is 25.5 Å². The van der Waals surface area contributed by atoms with Crippen molar-refractivity contribution in [2.45, 2.75) is 25.5 Å². The number of aromatic nitrogens is 4. The van der Waals surface area contributed by atoms with Crippen molar-refractivity contribution < 1.29 is 4.79 Å². The van der Waals surface area contributed by atoms with Crippen LogP contribution in [0.1, 0.15) is 16.7 Å². The molecule has 0 unspecified atom stereocenters. The number of tetrazole rings is 1. The summed E-state index contributed by atoms with van der Waals surface area (Å²) in [7, 11) is 0. The fourth-order valence-corrected chi connectivity index (χ4v) is 3.15. The average molecular weight is 353 g/mol. The first-order valence-electron chi connectivity index (χ1n) is 7.93. The van der Waals surface area contributed by atoms with Gasteiger partial charge in [-0.3, -0.25) is 4.79 Å². The third-order valence-corrected chi connectivity index (χ3v) is 4.61. The monoisotopic (exact) mass is 353 g/mol. The van der Waals surface area contributed by atoms with E-state index in [-0.39, 0.29) is 11.7 Å². The van der Waals surface area contributed by atoms with E-state index in [1.807, 2.05) is 56.3 Å². The number of aryl methyl sites for hydroxylation is 2. The highest BCUT2D eigenvalue weighted by atomic mass is 32.2. The zero-order chi connectivity index (χ0) is 17.6. The summed E-state index contributed by atoms with van der Waals surface area (Å²) in [6.07, 6.45) is 0. The predicted octanol–water partition coefficient (Wildman–Crippen LogP) is 2.69. The lowest BCUT2D eigenvalue weighted by atomic mass is 10.1. The van der Waals surface area contributed by atoms with Gasteiger partial charge in [-0.1, -0.05) is 59.8 Å². The van der Waals surface area contributed by atoms with Crippen molar-refractivity contribution in [2.75, 3.05) is 5.75 Å². The van der Waals surface area contributed by atoms with Gasteiger partial charge in [0.2, 0.25) is 11.1 Å². The summed E-state index contributed by atoms with van der Waals surface area (Å²) >= 11 is 1.32. The maximum absolute atomic E-state index is 12.1. The molecule has 0 saturated heterocycles. The minimum absolute atomic E-state index is 0.0518. The molecule has 0 fully saturated rings. The first-order chi connectivity index (χ1) is 12.1. The van der Waals surface area contributed by atoms with Crippen LogP contribution in [0.15, 0.2) is 53.7 Å². The van der Waals surface area contributed by atoms with Gasteiger partial charge in [0, 0.05) is 6.54 Å². The molecule has 7 heteroatoms. The fraction of sp³-hybridized carbons (Fsp3) is 0.222. The Hall–Kier alpha value is -2.67. The van der Waals surface area contributed by atoms with Crippen LogP contribution in [0.2, 0.25) is 0 Å². The van der Waals surface area contributed by atoms with E-state index in [4.69, 9.17) is 0 Å². The zero-order valence-corrected chi connectivity index (χ0v) is 15.0. The maximum Gasteiger partial charge on any atom is 0.230 e. The molecule has 3 rings (SSSR count). The smallest absolute Gasteiger partial charge is 0.230 e. The molecule has 0 saturated carbocycles. The number of carbonyl (C=O) groups is 1. The lowest BCUT2D eigenvalue weighted by Crippen LogP contribution is -2.24. The first kappa shape index (κ1) is 17.2. The first-order valence-corrected chi connectivity index (χ1v) is 8.91. The van der Waals surface area contributed by atoms with Crippen LogP contribution in [0.4, 0.5) is 0 Å². The van der Waals surface area contributed by atoms with E-state index in [2.05, 4.69) is 26.9 Å². The fourth-order valence-electron chi connectivity index (χ4n) is 2.44. The Morgan fingerprint density at radius 1 is 1.16 bits per heavy atom. The van der Waals surface area contributed by atoms with Gasteiger partial charge in [0.1, 0.15) is 0 Å². The number of nitrogens with one attached hydrogen (secondary N) is 1. The third kappa shape index (κ3) is 4.45. The van der Waals surface area contributed by atoms with Crippen LogP contribution in [0.3, 0.4) is 0 Å². The summed E-state index contributed by atoms with van der Waals surface area (Å²) in [6, 6.07) is 15.9. The molecule has 128 valence electrons. The number of hydrogen-bond acceptors (Lipinski definition) is 5. The van der Waals surface area contributed by atoms with Crippen molar-refractivity contribution in [3.05, 3.63) is 65.2 Å². The van der Waals surface area contributed by atoms with Crippen LogP contribution in [0.5, 0.6) is 0 Å². The summed E-state index contributed by atoms with van der Waals surface area (Å²) in [4.78, 5) is 12.1. The summed E-state index contributed by atoms with van der Waals surface area (Å²) in [5.74, 6) is 0.210. The van der Waals surface area contributed by atoms with Crippen LogP contribution in [-0.4, -0.2) is 31.9 Å².